The van der Waals surface area contributed by atoms with Crippen LogP contribution in [0.5, 0.6) is 0 Å². The SMILES string of the molecule is CCCC(=NCCC(C)O)N=C(N)Nc1ccc(N2CC(C)=NC=N2)c(F)c1.Fc1ccccc1. The number of amidine groups is 1. The Morgan fingerprint density at radius 1 is 1.23 bits per heavy atom. The molecule has 0 bridgehead atoms. The minimum Gasteiger partial charge on any atom is -0.393 e. The fraction of sp³-hybridized carbons (Fsp3) is 0.360. The van der Waals surface area contributed by atoms with E-state index in [4.69, 9.17) is 5.73 Å². The molecular weight excluding hydrogens is 452 g/mol. The van der Waals surface area contributed by atoms with Crippen LogP contribution in [0.15, 0.2) is 68.6 Å². The molecule has 10 heteroatoms. The standard InChI is InChI=1S/C19H28FN7O.C6H5F/c1-4-5-18(22-9-8-14(3)28)26-19(21)25-15-6-7-17(16(20)10-15)27-11-13(2)23-12-24-27;7-6-4-2-1-3-5-6/h6-7,10,12,14,28H,4-5,8-9,11H2,1-3H3,(H3,21,22,25,26);1-5H. The molecule has 0 aromatic heterocycles. The molecule has 0 fully saturated rings. The van der Waals surface area contributed by atoms with E-state index >= 15 is 0 Å². The molecule has 1 heterocycles. The zero-order valence-corrected chi connectivity index (χ0v) is 20.3. The van der Waals surface area contributed by atoms with Gasteiger partial charge in [-0.1, -0.05) is 25.1 Å². The van der Waals surface area contributed by atoms with Gasteiger partial charge in [-0.2, -0.15) is 5.10 Å². The summed E-state index contributed by atoms with van der Waals surface area (Å²) in [7, 11) is 0. The van der Waals surface area contributed by atoms with Crippen molar-refractivity contribution in [2.75, 3.05) is 23.4 Å². The molecule has 0 saturated carbocycles. The molecule has 4 N–H and O–H groups in total. The number of halogens is 2. The lowest BCUT2D eigenvalue weighted by Crippen LogP contribution is -2.27. The number of aliphatic hydroxyl groups is 1. The number of aliphatic hydroxyl groups excluding tert-OH is 1. The predicted molar refractivity (Wildman–Crippen MR) is 140 cm³/mol. The van der Waals surface area contributed by atoms with Gasteiger partial charge in [0.2, 0.25) is 0 Å². The van der Waals surface area contributed by atoms with Crippen molar-refractivity contribution in [3.8, 4) is 0 Å². The molecule has 2 aromatic rings. The van der Waals surface area contributed by atoms with Crippen LogP contribution < -0.4 is 16.1 Å². The highest BCUT2D eigenvalue weighted by atomic mass is 19.1. The fourth-order valence-corrected chi connectivity index (χ4v) is 2.93. The summed E-state index contributed by atoms with van der Waals surface area (Å²) >= 11 is 0. The van der Waals surface area contributed by atoms with E-state index in [2.05, 4.69) is 25.4 Å². The van der Waals surface area contributed by atoms with Gasteiger partial charge in [0.05, 0.1) is 18.3 Å². The Bertz CT molecular complexity index is 1050. The van der Waals surface area contributed by atoms with Gasteiger partial charge in [-0.15, -0.1) is 0 Å². The van der Waals surface area contributed by atoms with E-state index in [1.165, 1.54) is 24.5 Å². The summed E-state index contributed by atoms with van der Waals surface area (Å²) in [5, 5.41) is 17.8. The lowest BCUT2D eigenvalue weighted by atomic mass is 10.2. The Morgan fingerprint density at radius 2 is 1.97 bits per heavy atom. The molecule has 0 amide bonds. The topological polar surface area (TPSA) is 111 Å². The maximum Gasteiger partial charge on any atom is 0.199 e. The summed E-state index contributed by atoms with van der Waals surface area (Å²) in [5.41, 5.74) is 7.65. The van der Waals surface area contributed by atoms with Crippen molar-refractivity contribution in [1.29, 1.82) is 0 Å². The normalized spacial score (nSPS) is 14.7. The molecule has 1 aliphatic rings. The zero-order valence-electron chi connectivity index (χ0n) is 20.3. The zero-order chi connectivity index (χ0) is 25.6. The summed E-state index contributed by atoms with van der Waals surface area (Å²) in [5.74, 6) is 0.129. The van der Waals surface area contributed by atoms with Crippen molar-refractivity contribution in [1.82, 2.24) is 0 Å². The molecule has 2 aromatic carbocycles. The van der Waals surface area contributed by atoms with E-state index in [9.17, 15) is 13.9 Å². The van der Waals surface area contributed by atoms with Crippen LogP contribution in [0.3, 0.4) is 0 Å². The number of rotatable bonds is 7. The van der Waals surface area contributed by atoms with Crippen LogP contribution >= 0.6 is 0 Å². The molecule has 0 spiro atoms. The number of anilines is 2. The summed E-state index contributed by atoms with van der Waals surface area (Å²) < 4.78 is 26.4. The van der Waals surface area contributed by atoms with Crippen molar-refractivity contribution >= 4 is 35.2 Å². The maximum atomic E-state index is 14.5. The average Bonchev–Trinajstić information content (AvgIpc) is 2.80. The van der Waals surface area contributed by atoms with Crippen LogP contribution in [-0.4, -0.2) is 48.1 Å². The van der Waals surface area contributed by atoms with Crippen LogP contribution in [0.4, 0.5) is 20.2 Å². The fourth-order valence-electron chi connectivity index (χ4n) is 2.93. The van der Waals surface area contributed by atoms with Crippen molar-refractivity contribution in [3.05, 3.63) is 60.2 Å². The summed E-state index contributed by atoms with van der Waals surface area (Å²) in [4.78, 5) is 12.7. The number of nitrogens with two attached hydrogens (primary N) is 1. The number of hydrazone groups is 1. The Hall–Kier alpha value is -3.66. The molecule has 8 nitrogen and oxygen atoms in total. The van der Waals surface area contributed by atoms with Gasteiger partial charge in [0.15, 0.2) is 11.8 Å². The van der Waals surface area contributed by atoms with Crippen LogP contribution in [0.25, 0.3) is 0 Å². The molecule has 35 heavy (non-hydrogen) atoms. The van der Waals surface area contributed by atoms with Gasteiger partial charge < -0.3 is 16.2 Å². The third kappa shape index (κ3) is 10.4. The first-order valence-corrected chi connectivity index (χ1v) is 11.4. The number of nitrogens with one attached hydrogen (secondary N) is 1. The molecule has 3 rings (SSSR count). The smallest absolute Gasteiger partial charge is 0.199 e. The predicted octanol–water partition coefficient (Wildman–Crippen LogP) is 4.57. The maximum absolute atomic E-state index is 14.5. The third-order valence-electron chi connectivity index (χ3n) is 4.64. The second-order valence-corrected chi connectivity index (χ2v) is 7.92. The van der Waals surface area contributed by atoms with Crippen LogP contribution in [0.1, 0.15) is 40.0 Å². The number of nitrogens with zero attached hydrogens (tertiary/aromatic N) is 5. The Balaban J connectivity index is 0.000000527. The number of benzene rings is 2. The monoisotopic (exact) mass is 485 g/mol. The van der Waals surface area contributed by atoms with Crippen molar-refractivity contribution in [2.45, 2.75) is 46.1 Å². The molecule has 1 aliphatic heterocycles. The Kier molecular flexibility index (Phi) is 11.5. The Labute approximate surface area is 205 Å². The highest BCUT2D eigenvalue weighted by Gasteiger charge is 2.14. The second kappa shape index (κ2) is 14.6. The first-order chi connectivity index (χ1) is 16.8. The van der Waals surface area contributed by atoms with Gasteiger partial charge in [-0.05, 0) is 57.0 Å². The van der Waals surface area contributed by atoms with E-state index in [0.717, 1.165) is 12.1 Å². The number of guanidine groups is 1. The molecule has 0 radical (unpaired) electrons. The van der Waals surface area contributed by atoms with E-state index in [-0.39, 0.29) is 11.8 Å². The molecule has 188 valence electrons. The number of hydrogen-bond acceptors (Lipinski definition) is 5. The lowest BCUT2D eigenvalue weighted by molar-refractivity contribution is 0.187. The first kappa shape index (κ1) is 27.6. The second-order valence-electron chi connectivity index (χ2n) is 7.92. The highest BCUT2D eigenvalue weighted by molar-refractivity contribution is 6.01. The molecule has 1 atom stereocenters. The quantitative estimate of drug-likeness (QED) is 0.394. The van der Waals surface area contributed by atoms with Gasteiger partial charge in [-0.25, -0.2) is 18.8 Å². The minimum atomic E-state index is -0.427. The van der Waals surface area contributed by atoms with Gasteiger partial charge in [0.1, 0.15) is 18.0 Å². The lowest BCUT2D eigenvalue weighted by Gasteiger charge is -2.21. The van der Waals surface area contributed by atoms with Crippen LogP contribution in [0.2, 0.25) is 0 Å². The van der Waals surface area contributed by atoms with Gasteiger partial charge in [0.25, 0.3) is 0 Å². The molecular formula is C25H33F2N7O. The van der Waals surface area contributed by atoms with Crippen molar-refractivity contribution in [3.63, 3.8) is 0 Å². The molecule has 0 saturated heterocycles. The first-order valence-electron chi connectivity index (χ1n) is 11.4. The van der Waals surface area contributed by atoms with E-state index in [1.54, 1.807) is 42.3 Å². The Morgan fingerprint density at radius 3 is 2.54 bits per heavy atom. The summed E-state index contributed by atoms with van der Waals surface area (Å²) in [6.45, 7) is 6.52. The highest BCUT2D eigenvalue weighted by Crippen LogP contribution is 2.24. The summed E-state index contributed by atoms with van der Waals surface area (Å²) in [6, 6.07) is 12.6. The van der Waals surface area contributed by atoms with Crippen LogP contribution in [-0.2, 0) is 0 Å². The van der Waals surface area contributed by atoms with Gasteiger partial charge >= 0.3 is 0 Å². The summed E-state index contributed by atoms with van der Waals surface area (Å²) in [6.07, 6.45) is 3.09. The molecule has 1 unspecified atom stereocenters. The average molecular weight is 486 g/mol. The third-order valence-corrected chi connectivity index (χ3v) is 4.64. The van der Waals surface area contributed by atoms with E-state index in [0.29, 0.717) is 43.1 Å². The minimum absolute atomic E-state index is 0.135. The molecule has 0 aliphatic carbocycles. The number of hydrogen-bond donors (Lipinski definition) is 3. The van der Waals surface area contributed by atoms with Crippen LogP contribution in [0, 0.1) is 11.6 Å². The van der Waals surface area contributed by atoms with Crippen molar-refractivity contribution in [2.24, 2.45) is 25.8 Å². The van der Waals surface area contributed by atoms with Gasteiger partial charge in [0, 0.05) is 24.4 Å². The van der Waals surface area contributed by atoms with Crippen molar-refractivity contribution < 1.29 is 13.9 Å². The van der Waals surface area contributed by atoms with Gasteiger partial charge in [-0.3, -0.25) is 10.0 Å². The number of aliphatic imine (C=N–C) groups is 3. The van der Waals surface area contributed by atoms with E-state index < -0.39 is 11.9 Å². The largest absolute Gasteiger partial charge is 0.393 e. The van der Waals surface area contributed by atoms with E-state index in [1.807, 2.05) is 13.8 Å².